The fourth-order valence-corrected chi connectivity index (χ4v) is 4.60. The van der Waals surface area contributed by atoms with E-state index in [9.17, 15) is 0 Å². The molecule has 1 saturated carbocycles. The quantitative estimate of drug-likeness (QED) is 0.786. The summed E-state index contributed by atoms with van der Waals surface area (Å²) >= 11 is 5.55. The molecule has 1 fully saturated rings. The molecule has 3 heteroatoms. The van der Waals surface area contributed by atoms with Crippen molar-refractivity contribution in [3.05, 3.63) is 20.8 Å². The maximum absolute atomic E-state index is 3.78. The van der Waals surface area contributed by atoms with Gasteiger partial charge in [0.15, 0.2) is 0 Å². The lowest BCUT2D eigenvalue weighted by Gasteiger charge is -2.25. The van der Waals surface area contributed by atoms with E-state index >= 15 is 0 Å². The smallest absolute Gasteiger partial charge is 0.0314 e. The van der Waals surface area contributed by atoms with Crippen LogP contribution in [0.3, 0.4) is 0 Å². The van der Waals surface area contributed by atoms with E-state index in [-0.39, 0.29) is 0 Å². The summed E-state index contributed by atoms with van der Waals surface area (Å²) in [4.78, 5) is 1.50. The molecule has 1 N–H and O–H groups in total. The Balaban J connectivity index is 1.98. The van der Waals surface area contributed by atoms with Crippen molar-refractivity contribution in [1.29, 1.82) is 0 Å². The second-order valence-electron chi connectivity index (χ2n) is 5.63. The summed E-state index contributed by atoms with van der Waals surface area (Å²) in [7, 11) is 0. The van der Waals surface area contributed by atoms with Gasteiger partial charge in [0.05, 0.1) is 0 Å². The van der Waals surface area contributed by atoms with Crippen LogP contribution in [0.25, 0.3) is 0 Å². The lowest BCUT2D eigenvalue weighted by Crippen LogP contribution is -2.37. The zero-order valence-electron chi connectivity index (χ0n) is 11.4. The number of hydrogen-bond acceptors (Lipinski definition) is 2. The molecule has 0 radical (unpaired) electrons. The Morgan fingerprint density at radius 3 is 2.89 bits per heavy atom. The van der Waals surface area contributed by atoms with Crippen LogP contribution in [0.2, 0.25) is 0 Å². The molecule has 0 bridgehead atoms. The van der Waals surface area contributed by atoms with E-state index < -0.39 is 0 Å². The summed E-state index contributed by atoms with van der Waals surface area (Å²) in [5, 5.41) is 5.97. The van der Waals surface area contributed by atoms with E-state index in [2.05, 4.69) is 46.5 Å². The summed E-state index contributed by atoms with van der Waals surface area (Å²) < 4.78 is 1.29. The zero-order valence-corrected chi connectivity index (χ0v) is 13.8. The molecule has 1 nitrogen and oxygen atoms in total. The molecule has 1 heterocycles. The van der Waals surface area contributed by atoms with Crippen molar-refractivity contribution < 1.29 is 0 Å². The first-order valence-electron chi connectivity index (χ1n) is 7.16. The summed E-state index contributed by atoms with van der Waals surface area (Å²) in [6, 6.07) is 2.85. The number of thiophene rings is 1. The first-order valence-corrected chi connectivity index (χ1v) is 8.83. The normalized spacial score (nSPS) is 25.5. The standard InChI is InChI=1S/C15H24BrNS/c1-3-7-17-14(12-5-4-11(2)9-12)10-15-13(16)6-8-18-15/h6,8,11-12,14,17H,3-5,7,9-10H2,1-2H3. The predicted molar refractivity (Wildman–Crippen MR) is 84.3 cm³/mol. The van der Waals surface area contributed by atoms with E-state index in [0.717, 1.165) is 18.4 Å². The van der Waals surface area contributed by atoms with Crippen molar-refractivity contribution in [2.45, 2.75) is 52.0 Å². The highest BCUT2D eigenvalue weighted by Crippen LogP contribution is 2.35. The Kier molecular flexibility index (Phi) is 5.71. The molecular weight excluding hydrogens is 306 g/mol. The van der Waals surface area contributed by atoms with Crippen molar-refractivity contribution in [3.8, 4) is 0 Å². The Morgan fingerprint density at radius 1 is 1.50 bits per heavy atom. The minimum Gasteiger partial charge on any atom is -0.313 e. The third kappa shape index (κ3) is 3.82. The lowest BCUT2D eigenvalue weighted by atomic mass is 9.93. The average molecular weight is 330 g/mol. The molecule has 0 saturated heterocycles. The molecule has 1 aromatic rings. The van der Waals surface area contributed by atoms with Crippen LogP contribution >= 0.6 is 27.3 Å². The van der Waals surface area contributed by atoms with Crippen LogP contribution in [0.4, 0.5) is 0 Å². The monoisotopic (exact) mass is 329 g/mol. The number of nitrogens with one attached hydrogen (secondary N) is 1. The van der Waals surface area contributed by atoms with Gasteiger partial charge in [0.25, 0.3) is 0 Å². The maximum atomic E-state index is 3.78. The fourth-order valence-electron chi connectivity index (χ4n) is 3.02. The molecule has 18 heavy (non-hydrogen) atoms. The van der Waals surface area contributed by atoms with Gasteiger partial charge in [0.1, 0.15) is 0 Å². The van der Waals surface area contributed by atoms with Gasteiger partial charge in [-0.25, -0.2) is 0 Å². The van der Waals surface area contributed by atoms with Crippen LogP contribution in [-0.2, 0) is 6.42 Å². The van der Waals surface area contributed by atoms with E-state index in [1.165, 1.54) is 41.5 Å². The van der Waals surface area contributed by atoms with Gasteiger partial charge in [0, 0.05) is 15.4 Å². The van der Waals surface area contributed by atoms with Gasteiger partial charge in [-0.1, -0.05) is 20.3 Å². The molecule has 3 unspecified atom stereocenters. The van der Waals surface area contributed by atoms with Crippen molar-refractivity contribution in [2.75, 3.05) is 6.54 Å². The molecule has 1 aliphatic carbocycles. The highest BCUT2D eigenvalue weighted by Gasteiger charge is 2.29. The molecule has 2 rings (SSSR count). The maximum Gasteiger partial charge on any atom is 0.0314 e. The van der Waals surface area contributed by atoms with Crippen LogP contribution < -0.4 is 5.32 Å². The highest BCUT2D eigenvalue weighted by molar-refractivity contribution is 9.10. The van der Waals surface area contributed by atoms with E-state index in [4.69, 9.17) is 0 Å². The van der Waals surface area contributed by atoms with Crippen molar-refractivity contribution in [2.24, 2.45) is 11.8 Å². The van der Waals surface area contributed by atoms with E-state index in [0.29, 0.717) is 6.04 Å². The molecule has 1 aromatic heterocycles. The molecule has 0 spiro atoms. The predicted octanol–water partition coefficient (Wildman–Crippen LogP) is 4.86. The fraction of sp³-hybridized carbons (Fsp3) is 0.733. The molecule has 0 amide bonds. The second kappa shape index (κ2) is 7.06. The zero-order chi connectivity index (χ0) is 13.0. The summed E-state index contributed by atoms with van der Waals surface area (Å²) in [6.07, 6.45) is 6.65. The minimum absolute atomic E-state index is 0.671. The number of hydrogen-bond donors (Lipinski definition) is 1. The Labute approximate surface area is 123 Å². The van der Waals surface area contributed by atoms with Crippen molar-refractivity contribution in [1.82, 2.24) is 5.32 Å². The average Bonchev–Trinajstić information content (AvgIpc) is 2.94. The van der Waals surface area contributed by atoms with Gasteiger partial charge in [0.2, 0.25) is 0 Å². The van der Waals surface area contributed by atoms with Gasteiger partial charge >= 0.3 is 0 Å². The van der Waals surface area contributed by atoms with Crippen LogP contribution in [0.5, 0.6) is 0 Å². The Hall–Kier alpha value is 0.140. The first-order chi connectivity index (χ1) is 8.70. The highest BCUT2D eigenvalue weighted by atomic mass is 79.9. The van der Waals surface area contributed by atoms with Crippen LogP contribution in [-0.4, -0.2) is 12.6 Å². The SMILES string of the molecule is CCCNC(Cc1sccc1Br)C1CCC(C)C1. The van der Waals surface area contributed by atoms with Crippen LogP contribution in [0.15, 0.2) is 15.9 Å². The van der Waals surface area contributed by atoms with Gasteiger partial charge in [-0.3, -0.25) is 0 Å². The molecule has 102 valence electrons. The van der Waals surface area contributed by atoms with Gasteiger partial charge in [-0.15, -0.1) is 11.3 Å². The molecular formula is C15H24BrNS. The lowest BCUT2D eigenvalue weighted by molar-refractivity contribution is 0.349. The Morgan fingerprint density at radius 2 is 2.33 bits per heavy atom. The molecule has 3 atom stereocenters. The van der Waals surface area contributed by atoms with E-state index in [1.807, 2.05) is 11.3 Å². The molecule has 0 aliphatic heterocycles. The summed E-state index contributed by atoms with van der Waals surface area (Å²) in [5.74, 6) is 1.80. The first kappa shape index (κ1) is 14.5. The van der Waals surface area contributed by atoms with Gasteiger partial charge < -0.3 is 5.32 Å². The van der Waals surface area contributed by atoms with Crippen molar-refractivity contribution >= 4 is 27.3 Å². The third-order valence-corrected chi connectivity index (χ3v) is 6.01. The second-order valence-corrected chi connectivity index (χ2v) is 7.49. The number of halogens is 1. The van der Waals surface area contributed by atoms with E-state index in [1.54, 1.807) is 0 Å². The molecule has 0 aromatic carbocycles. The Bertz CT molecular complexity index is 363. The van der Waals surface area contributed by atoms with Crippen LogP contribution in [0, 0.1) is 11.8 Å². The van der Waals surface area contributed by atoms with Crippen molar-refractivity contribution in [3.63, 3.8) is 0 Å². The largest absolute Gasteiger partial charge is 0.313 e. The van der Waals surface area contributed by atoms with Gasteiger partial charge in [-0.2, -0.15) is 0 Å². The number of rotatable bonds is 6. The summed E-state index contributed by atoms with van der Waals surface area (Å²) in [6.45, 7) is 5.80. The third-order valence-electron chi connectivity index (χ3n) is 4.06. The minimum atomic E-state index is 0.671. The molecule has 1 aliphatic rings. The topological polar surface area (TPSA) is 12.0 Å². The van der Waals surface area contributed by atoms with Crippen LogP contribution in [0.1, 0.15) is 44.4 Å². The van der Waals surface area contributed by atoms with Gasteiger partial charge in [-0.05, 0) is 71.4 Å². The summed E-state index contributed by atoms with van der Waals surface area (Å²) in [5.41, 5.74) is 0.